The molecule has 0 saturated heterocycles. The van der Waals surface area contributed by atoms with Crippen molar-refractivity contribution >= 4 is 11.9 Å². The zero-order chi connectivity index (χ0) is 9.10. The molecule has 3 heteroatoms. The highest BCUT2D eigenvalue weighted by atomic mass is 16.1. The fraction of sp³-hybridized carbons (Fsp3) is 0.400. The minimum Gasteiger partial charge on any atom is -0.345 e. The third-order valence-electron chi connectivity index (χ3n) is 2.31. The van der Waals surface area contributed by atoms with Crippen molar-refractivity contribution in [3.05, 3.63) is 23.8 Å². The van der Waals surface area contributed by atoms with Crippen molar-refractivity contribution < 1.29 is 4.79 Å². The van der Waals surface area contributed by atoms with E-state index in [1.54, 1.807) is 12.5 Å². The van der Waals surface area contributed by atoms with Crippen LogP contribution in [0.15, 0.2) is 18.1 Å². The smallest absolute Gasteiger partial charge is 0.158 e. The van der Waals surface area contributed by atoms with E-state index in [0.717, 1.165) is 30.5 Å². The molecule has 0 atom stereocenters. The first kappa shape index (κ1) is 8.23. The van der Waals surface area contributed by atoms with E-state index in [2.05, 4.69) is 9.97 Å². The third kappa shape index (κ3) is 1.86. The first-order chi connectivity index (χ1) is 6.36. The SMILES string of the molecule is O=C1CCCC/C1=C/c1cnc[nH]1. The quantitative estimate of drug-likeness (QED) is 0.664. The average Bonchev–Trinajstić information content (AvgIpc) is 2.61. The number of aromatic amines is 1. The van der Waals surface area contributed by atoms with Crippen LogP contribution >= 0.6 is 0 Å². The molecule has 0 aliphatic heterocycles. The number of carbonyl (C=O) groups excluding carboxylic acids is 1. The number of imidazole rings is 1. The summed E-state index contributed by atoms with van der Waals surface area (Å²) in [6.45, 7) is 0. The summed E-state index contributed by atoms with van der Waals surface area (Å²) in [4.78, 5) is 18.3. The number of allylic oxidation sites excluding steroid dienone is 1. The Morgan fingerprint density at radius 1 is 1.38 bits per heavy atom. The lowest BCUT2D eigenvalue weighted by molar-refractivity contribution is -0.116. The molecule has 0 spiro atoms. The van der Waals surface area contributed by atoms with Gasteiger partial charge in [0.1, 0.15) is 0 Å². The fourth-order valence-corrected chi connectivity index (χ4v) is 1.59. The molecule has 0 amide bonds. The number of Topliss-reactive ketones (excluding diaryl/α,β-unsaturated/α-hetero) is 1. The summed E-state index contributed by atoms with van der Waals surface area (Å²) in [6, 6.07) is 0. The zero-order valence-corrected chi connectivity index (χ0v) is 7.42. The molecule has 0 aromatic carbocycles. The van der Waals surface area contributed by atoms with Crippen molar-refractivity contribution in [2.24, 2.45) is 0 Å². The molecule has 1 N–H and O–H groups in total. The second-order valence-corrected chi connectivity index (χ2v) is 3.31. The van der Waals surface area contributed by atoms with E-state index >= 15 is 0 Å². The van der Waals surface area contributed by atoms with Crippen LogP contribution in [-0.2, 0) is 4.79 Å². The lowest BCUT2D eigenvalue weighted by Gasteiger charge is -2.11. The fourth-order valence-electron chi connectivity index (χ4n) is 1.59. The highest BCUT2D eigenvalue weighted by Crippen LogP contribution is 2.21. The molecule has 1 fully saturated rings. The van der Waals surface area contributed by atoms with Crippen LogP contribution in [0.2, 0.25) is 0 Å². The molecule has 0 unspecified atom stereocenters. The molecule has 1 aromatic heterocycles. The van der Waals surface area contributed by atoms with Gasteiger partial charge in [0, 0.05) is 6.42 Å². The van der Waals surface area contributed by atoms with Crippen molar-refractivity contribution in [1.29, 1.82) is 0 Å². The summed E-state index contributed by atoms with van der Waals surface area (Å²) < 4.78 is 0. The largest absolute Gasteiger partial charge is 0.345 e. The number of ketones is 1. The first-order valence-electron chi connectivity index (χ1n) is 4.58. The Morgan fingerprint density at radius 3 is 2.92 bits per heavy atom. The Hall–Kier alpha value is -1.38. The molecule has 1 aromatic rings. The number of aromatic nitrogens is 2. The van der Waals surface area contributed by atoms with Gasteiger partial charge in [-0.1, -0.05) is 0 Å². The van der Waals surface area contributed by atoms with E-state index in [9.17, 15) is 4.79 Å². The molecule has 1 aliphatic carbocycles. The summed E-state index contributed by atoms with van der Waals surface area (Å²) >= 11 is 0. The molecule has 0 radical (unpaired) electrons. The Bertz CT molecular complexity index is 325. The molecule has 3 nitrogen and oxygen atoms in total. The number of hydrogen-bond donors (Lipinski definition) is 1. The second kappa shape index (κ2) is 3.56. The van der Waals surface area contributed by atoms with Crippen LogP contribution in [0.25, 0.3) is 6.08 Å². The standard InChI is InChI=1S/C10H12N2O/c13-10-4-2-1-3-8(10)5-9-6-11-7-12-9/h5-7H,1-4H2,(H,11,12)/b8-5-. The van der Waals surface area contributed by atoms with Crippen molar-refractivity contribution in [1.82, 2.24) is 9.97 Å². The minimum absolute atomic E-state index is 0.292. The molecule has 1 aliphatic rings. The molecule has 1 saturated carbocycles. The molecule has 13 heavy (non-hydrogen) atoms. The van der Waals surface area contributed by atoms with Crippen LogP contribution in [0.5, 0.6) is 0 Å². The van der Waals surface area contributed by atoms with E-state index in [4.69, 9.17) is 0 Å². The maximum atomic E-state index is 11.4. The van der Waals surface area contributed by atoms with Crippen LogP contribution < -0.4 is 0 Å². The maximum Gasteiger partial charge on any atom is 0.158 e. The Morgan fingerprint density at radius 2 is 2.23 bits per heavy atom. The van der Waals surface area contributed by atoms with Crippen molar-refractivity contribution in [3.63, 3.8) is 0 Å². The molecule has 1 heterocycles. The summed E-state index contributed by atoms with van der Waals surface area (Å²) in [6.07, 6.45) is 9.06. The van der Waals surface area contributed by atoms with Gasteiger partial charge in [-0.2, -0.15) is 0 Å². The maximum absolute atomic E-state index is 11.4. The van der Waals surface area contributed by atoms with E-state index in [1.807, 2.05) is 6.08 Å². The van der Waals surface area contributed by atoms with E-state index < -0.39 is 0 Å². The number of nitrogens with one attached hydrogen (secondary N) is 1. The third-order valence-corrected chi connectivity index (χ3v) is 2.31. The number of rotatable bonds is 1. The van der Waals surface area contributed by atoms with Gasteiger partial charge in [-0.05, 0) is 30.9 Å². The predicted molar refractivity (Wildman–Crippen MR) is 50.0 cm³/mol. The predicted octanol–water partition coefficient (Wildman–Crippen LogP) is 1.94. The van der Waals surface area contributed by atoms with Crippen molar-refractivity contribution in [3.8, 4) is 0 Å². The molecular formula is C10H12N2O. The van der Waals surface area contributed by atoms with Crippen molar-refractivity contribution in [2.45, 2.75) is 25.7 Å². The first-order valence-corrected chi connectivity index (χ1v) is 4.58. The lowest BCUT2D eigenvalue weighted by atomic mass is 9.93. The Kier molecular flexibility index (Phi) is 2.25. The minimum atomic E-state index is 0.292. The van der Waals surface area contributed by atoms with E-state index in [-0.39, 0.29) is 0 Å². The van der Waals surface area contributed by atoms with E-state index in [1.165, 1.54) is 0 Å². The molecule has 68 valence electrons. The van der Waals surface area contributed by atoms with Gasteiger partial charge in [0.15, 0.2) is 5.78 Å². The number of H-pyrrole nitrogens is 1. The number of carbonyl (C=O) groups is 1. The van der Waals surface area contributed by atoms with Crippen molar-refractivity contribution in [2.75, 3.05) is 0 Å². The summed E-state index contributed by atoms with van der Waals surface area (Å²) in [5.41, 5.74) is 1.86. The van der Waals surface area contributed by atoms with Gasteiger partial charge in [-0.15, -0.1) is 0 Å². The van der Waals surface area contributed by atoms with Gasteiger partial charge in [-0.3, -0.25) is 4.79 Å². The monoisotopic (exact) mass is 176 g/mol. The molecule has 2 rings (SSSR count). The van der Waals surface area contributed by atoms with Gasteiger partial charge in [-0.25, -0.2) is 4.98 Å². The zero-order valence-electron chi connectivity index (χ0n) is 7.42. The van der Waals surface area contributed by atoms with Crippen LogP contribution in [-0.4, -0.2) is 15.8 Å². The Balaban J connectivity index is 2.19. The van der Waals surface area contributed by atoms with Gasteiger partial charge >= 0.3 is 0 Å². The van der Waals surface area contributed by atoms with Crippen LogP contribution in [0.3, 0.4) is 0 Å². The van der Waals surface area contributed by atoms with Gasteiger partial charge in [0.05, 0.1) is 18.2 Å². The van der Waals surface area contributed by atoms with Crippen LogP contribution in [0, 0.1) is 0 Å². The second-order valence-electron chi connectivity index (χ2n) is 3.31. The average molecular weight is 176 g/mol. The van der Waals surface area contributed by atoms with Crippen LogP contribution in [0.4, 0.5) is 0 Å². The molecular weight excluding hydrogens is 164 g/mol. The molecule has 0 bridgehead atoms. The number of nitrogens with zero attached hydrogens (tertiary/aromatic N) is 1. The summed E-state index contributed by atoms with van der Waals surface area (Å²) in [7, 11) is 0. The summed E-state index contributed by atoms with van der Waals surface area (Å²) in [5.74, 6) is 0.292. The topological polar surface area (TPSA) is 45.8 Å². The van der Waals surface area contributed by atoms with E-state index in [0.29, 0.717) is 12.2 Å². The lowest BCUT2D eigenvalue weighted by Crippen LogP contribution is -2.07. The van der Waals surface area contributed by atoms with Gasteiger partial charge in [0.25, 0.3) is 0 Å². The highest BCUT2D eigenvalue weighted by Gasteiger charge is 2.14. The normalized spacial score (nSPS) is 20.9. The Labute approximate surface area is 76.9 Å². The van der Waals surface area contributed by atoms with Crippen LogP contribution in [0.1, 0.15) is 31.4 Å². The summed E-state index contributed by atoms with van der Waals surface area (Å²) in [5, 5.41) is 0. The van der Waals surface area contributed by atoms with Gasteiger partial charge in [0.2, 0.25) is 0 Å². The number of hydrogen-bond acceptors (Lipinski definition) is 2. The highest BCUT2D eigenvalue weighted by molar-refractivity contribution is 5.99. The van der Waals surface area contributed by atoms with Gasteiger partial charge < -0.3 is 4.98 Å².